The summed E-state index contributed by atoms with van der Waals surface area (Å²) >= 11 is 0. The van der Waals surface area contributed by atoms with Gasteiger partial charge in [-0.2, -0.15) is 0 Å². The first kappa shape index (κ1) is 15.1. The highest BCUT2D eigenvalue weighted by atomic mass is 19.1. The zero-order valence-corrected chi connectivity index (χ0v) is 11.2. The van der Waals surface area contributed by atoms with Crippen LogP contribution < -0.4 is 4.74 Å². The predicted octanol–water partition coefficient (Wildman–Crippen LogP) is 2.91. The topological polar surface area (TPSA) is 63.6 Å². The van der Waals surface area contributed by atoms with E-state index < -0.39 is 17.2 Å². The number of carbonyl (C=O) groups excluding carboxylic acids is 1. The standard InChI is InChI=1S/C14H17FO4/c1-14(2,8-13(17)18)7-11(16)10-6-9(15)4-5-12(10)19-3/h4-6H,7-8H2,1-3H3,(H,17,18). The number of halogens is 1. The maximum Gasteiger partial charge on any atom is 0.303 e. The van der Waals surface area contributed by atoms with Crippen molar-refractivity contribution in [2.45, 2.75) is 26.7 Å². The number of hydrogen-bond acceptors (Lipinski definition) is 3. The van der Waals surface area contributed by atoms with E-state index in [9.17, 15) is 14.0 Å². The molecule has 5 heteroatoms. The fraction of sp³-hybridized carbons (Fsp3) is 0.429. The number of carbonyl (C=O) groups is 2. The van der Waals surface area contributed by atoms with Crippen LogP contribution in [0.15, 0.2) is 18.2 Å². The van der Waals surface area contributed by atoms with E-state index in [1.807, 2.05) is 0 Å². The summed E-state index contributed by atoms with van der Waals surface area (Å²) < 4.78 is 18.2. The van der Waals surface area contributed by atoms with Gasteiger partial charge >= 0.3 is 5.97 Å². The molecule has 1 aromatic carbocycles. The van der Waals surface area contributed by atoms with Crippen LogP contribution in [0.4, 0.5) is 4.39 Å². The molecule has 1 aromatic rings. The van der Waals surface area contributed by atoms with Gasteiger partial charge in [0.05, 0.1) is 19.1 Å². The third-order valence-electron chi connectivity index (χ3n) is 2.73. The average molecular weight is 268 g/mol. The lowest BCUT2D eigenvalue weighted by Crippen LogP contribution is -2.21. The molecule has 0 aliphatic rings. The van der Waals surface area contributed by atoms with Crippen molar-refractivity contribution in [1.29, 1.82) is 0 Å². The second kappa shape index (κ2) is 5.82. The highest BCUT2D eigenvalue weighted by Gasteiger charge is 2.27. The van der Waals surface area contributed by atoms with E-state index >= 15 is 0 Å². The largest absolute Gasteiger partial charge is 0.496 e. The summed E-state index contributed by atoms with van der Waals surface area (Å²) in [5.41, 5.74) is -0.554. The van der Waals surface area contributed by atoms with Crippen molar-refractivity contribution in [3.63, 3.8) is 0 Å². The Labute approximate surface area is 111 Å². The van der Waals surface area contributed by atoms with E-state index in [2.05, 4.69) is 0 Å². The Kier molecular flexibility index (Phi) is 4.64. The van der Waals surface area contributed by atoms with Gasteiger partial charge in [-0.05, 0) is 23.6 Å². The molecule has 104 valence electrons. The second-order valence-corrected chi connectivity index (χ2v) is 5.18. The van der Waals surface area contributed by atoms with Crippen molar-refractivity contribution in [2.75, 3.05) is 7.11 Å². The first-order valence-electron chi connectivity index (χ1n) is 5.84. The number of ketones is 1. The van der Waals surface area contributed by atoms with E-state index in [0.29, 0.717) is 0 Å². The molecule has 0 radical (unpaired) electrons. The van der Waals surface area contributed by atoms with Crippen molar-refractivity contribution in [3.05, 3.63) is 29.6 Å². The highest BCUT2D eigenvalue weighted by Crippen LogP contribution is 2.30. The van der Waals surface area contributed by atoms with Gasteiger partial charge in [-0.25, -0.2) is 4.39 Å². The van der Waals surface area contributed by atoms with Crippen LogP contribution in [0, 0.1) is 11.2 Å². The zero-order chi connectivity index (χ0) is 14.6. The maximum atomic E-state index is 13.2. The van der Waals surface area contributed by atoms with E-state index in [-0.39, 0.29) is 29.9 Å². The van der Waals surface area contributed by atoms with Gasteiger partial charge < -0.3 is 9.84 Å². The van der Waals surface area contributed by atoms with Crippen LogP contribution in [0.3, 0.4) is 0 Å². The van der Waals surface area contributed by atoms with Gasteiger partial charge in [0, 0.05) is 6.42 Å². The Balaban J connectivity index is 2.95. The van der Waals surface area contributed by atoms with Crippen molar-refractivity contribution in [3.8, 4) is 5.75 Å². The molecule has 0 heterocycles. The van der Waals surface area contributed by atoms with Gasteiger partial charge in [0.25, 0.3) is 0 Å². The number of aliphatic carboxylic acids is 1. The predicted molar refractivity (Wildman–Crippen MR) is 67.9 cm³/mol. The highest BCUT2D eigenvalue weighted by molar-refractivity contribution is 5.99. The number of methoxy groups -OCH3 is 1. The van der Waals surface area contributed by atoms with E-state index in [4.69, 9.17) is 9.84 Å². The molecular weight excluding hydrogens is 251 g/mol. The summed E-state index contributed by atoms with van der Waals surface area (Å²) in [5, 5.41) is 8.78. The van der Waals surface area contributed by atoms with Crippen LogP contribution in [-0.2, 0) is 4.79 Å². The molecule has 19 heavy (non-hydrogen) atoms. The molecular formula is C14H17FO4. The molecule has 0 atom stereocenters. The lowest BCUT2D eigenvalue weighted by molar-refractivity contribution is -0.139. The number of carboxylic acids is 1. The normalized spacial score (nSPS) is 11.2. The average Bonchev–Trinajstić information content (AvgIpc) is 2.26. The molecule has 0 spiro atoms. The molecule has 0 fully saturated rings. The Hall–Kier alpha value is -1.91. The van der Waals surface area contributed by atoms with Crippen LogP contribution in [0.5, 0.6) is 5.75 Å². The minimum Gasteiger partial charge on any atom is -0.496 e. The molecule has 0 saturated heterocycles. The van der Waals surface area contributed by atoms with Crippen LogP contribution in [-0.4, -0.2) is 24.0 Å². The van der Waals surface area contributed by atoms with Crippen molar-refractivity contribution in [2.24, 2.45) is 5.41 Å². The summed E-state index contributed by atoms with van der Waals surface area (Å²) in [5.74, 6) is -1.54. The van der Waals surface area contributed by atoms with Crippen LogP contribution >= 0.6 is 0 Å². The molecule has 0 aromatic heterocycles. The fourth-order valence-corrected chi connectivity index (χ4v) is 1.90. The van der Waals surface area contributed by atoms with Gasteiger partial charge in [0.15, 0.2) is 5.78 Å². The maximum absolute atomic E-state index is 13.2. The SMILES string of the molecule is COc1ccc(F)cc1C(=O)CC(C)(C)CC(=O)O. The zero-order valence-electron chi connectivity index (χ0n) is 11.2. The van der Waals surface area contributed by atoms with Gasteiger partial charge in [-0.1, -0.05) is 13.8 Å². The van der Waals surface area contributed by atoms with Gasteiger partial charge in [0.2, 0.25) is 0 Å². The van der Waals surface area contributed by atoms with E-state index in [1.54, 1.807) is 13.8 Å². The first-order valence-corrected chi connectivity index (χ1v) is 5.84. The molecule has 0 unspecified atom stereocenters. The molecule has 4 nitrogen and oxygen atoms in total. The van der Waals surface area contributed by atoms with Crippen molar-refractivity contribution >= 4 is 11.8 Å². The Morgan fingerprint density at radius 3 is 2.47 bits per heavy atom. The molecule has 0 aliphatic carbocycles. The first-order chi connectivity index (χ1) is 8.75. The van der Waals surface area contributed by atoms with E-state index in [1.165, 1.54) is 19.2 Å². The third-order valence-corrected chi connectivity index (χ3v) is 2.73. The van der Waals surface area contributed by atoms with Gasteiger partial charge in [0.1, 0.15) is 11.6 Å². The van der Waals surface area contributed by atoms with Crippen molar-refractivity contribution < 1.29 is 23.8 Å². The molecule has 1 rings (SSSR count). The Bertz CT molecular complexity index is 494. The Morgan fingerprint density at radius 2 is 1.95 bits per heavy atom. The fourth-order valence-electron chi connectivity index (χ4n) is 1.90. The minimum atomic E-state index is -0.969. The number of benzene rings is 1. The lowest BCUT2D eigenvalue weighted by Gasteiger charge is -2.21. The van der Waals surface area contributed by atoms with E-state index in [0.717, 1.165) is 6.07 Å². The van der Waals surface area contributed by atoms with Crippen molar-refractivity contribution in [1.82, 2.24) is 0 Å². The second-order valence-electron chi connectivity index (χ2n) is 5.18. The summed E-state index contributed by atoms with van der Waals surface area (Å²) in [4.78, 5) is 22.8. The summed E-state index contributed by atoms with van der Waals surface area (Å²) in [6.45, 7) is 3.37. The number of hydrogen-bond donors (Lipinski definition) is 1. The number of rotatable bonds is 6. The number of Topliss-reactive ketones (excluding diaryl/α,β-unsaturated/α-hetero) is 1. The summed E-state index contributed by atoms with van der Waals surface area (Å²) in [7, 11) is 1.40. The molecule has 0 saturated carbocycles. The van der Waals surface area contributed by atoms with Gasteiger partial charge in [-0.3, -0.25) is 9.59 Å². The smallest absolute Gasteiger partial charge is 0.303 e. The van der Waals surface area contributed by atoms with Gasteiger partial charge in [-0.15, -0.1) is 0 Å². The number of ether oxygens (including phenoxy) is 1. The lowest BCUT2D eigenvalue weighted by atomic mass is 9.82. The van der Waals surface area contributed by atoms with Crippen LogP contribution in [0.2, 0.25) is 0 Å². The molecule has 0 bridgehead atoms. The molecule has 0 aliphatic heterocycles. The quantitative estimate of drug-likeness (QED) is 0.806. The number of carboxylic acid groups (broad SMARTS) is 1. The van der Waals surface area contributed by atoms with Crippen LogP contribution in [0.25, 0.3) is 0 Å². The molecule has 1 N–H and O–H groups in total. The minimum absolute atomic E-state index is 0.0130. The third kappa shape index (κ3) is 4.35. The Morgan fingerprint density at radius 1 is 1.32 bits per heavy atom. The summed E-state index contributed by atoms with van der Waals surface area (Å²) in [6.07, 6.45) is -0.116. The monoisotopic (exact) mass is 268 g/mol. The summed E-state index contributed by atoms with van der Waals surface area (Å²) in [6, 6.07) is 3.70. The molecule has 0 amide bonds. The van der Waals surface area contributed by atoms with Crippen LogP contribution in [0.1, 0.15) is 37.0 Å².